The lowest BCUT2D eigenvalue weighted by atomic mass is 9.99. The lowest BCUT2D eigenvalue weighted by Gasteiger charge is -2.13. The van der Waals surface area contributed by atoms with Crippen LogP contribution in [0.25, 0.3) is 0 Å². The number of allylic oxidation sites excluding steroid dienone is 2. The van der Waals surface area contributed by atoms with Crippen LogP contribution in [0.3, 0.4) is 0 Å². The molecule has 0 atom stereocenters. The summed E-state index contributed by atoms with van der Waals surface area (Å²) in [6.45, 7) is 0. The van der Waals surface area contributed by atoms with Gasteiger partial charge in [-0.25, -0.2) is 0 Å². The topological polar surface area (TPSA) is 84.0 Å². The van der Waals surface area contributed by atoms with Gasteiger partial charge in [-0.3, -0.25) is 24.2 Å². The largest absolute Gasteiger partial charge is 0.352 e. The summed E-state index contributed by atoms with van der Waals surface area (Å²) >= 11 is 3.31. The van der Waals surface area contributed by atoms with Crippen molar-refractivity contribution in [3.63, 3.8) is 0 Å². The summed E-state index contributed by atoms with van der Waals surface area (Å²) in [6, 6.07) is 7.12. The molecule has 2 aromatic rings. The number of benzene rings is 1. The number of aromatic nitrogens is 2. The average Bonchev–Trinajstić information content (AvgIpc) is 2.75. The van der Waals surface area contributed by atoms with Crippen LogP contribution in [0.2, 0.25) is 0 Å². The fourth-order valence-electron chi connectivity index (χ4n) is 2.12. The molecule has 0 fully saturated rings. The number of nitrogens with one attached hydrogen (secondary N) is 2. The number of carbonyl (C=O) groups excluding carboxylic acids is 2. The van der Waals surface area contributed by atoms with Crippen LogP contribution in [0.1, 0.15) is 20.8 Å². The summed E-state index contributed by atoms with van der Waals surface area (Å²) in [6.07, 6.45) is 1.20. The highest BCUT2D eigenvalue weighted by molar-refractivity contribution is 9.10. The van der Waals surface area contributed by atoms with Crippen LogP contribution in [0.5, 0.6) is 0 Å². The highest BCUT2D eigenvalue weighted by atomic mass is 79.9. The van der Waals surface area contributed by atoms with E-state index in [1.165, 1.54) is 13.1 Å². The van der Waals surface area contributed by atoms with E-state index in [2.05, 4.69) is 26.3 Å². The number of rotatable bonds is 2. The normalized spacial score (nSPS) is 13.9. The Morgan fingerprint density at radius 2 is 1.81 bits per heavy atom. The maximum Gasteiger partial charge on any atom is 0.278 e. The summed E-state index contributed by atoms with van der Waals surface area (Å²) in [7, 11) is 1.46. The van der Waals surface area contributed by atoms with E-state index < -0.39 is 17.1 Å². The van der Waals surface area contributed by atoms with Gasteiger partial charge in [-0.1, -0.05) is 15.9 Å². The zero-order valence-corrected chi connectivity index (χ0v) is 12.5. The number of Topliss-reactive ketones (excluding diaryl/α,β-unsaturated/α-hetero) is 1. The number of anilines is 1. The maximum absolute atomic E-state index is 12.3. The number of H-pyrrole nitrogens is 1. The van der Waals surface area contributed by atoms with Gasteiger partial charge < -0.3 is 5.32 Å². The van der Waals surface area contributed by atoms with Crippen LogP contribution in [0.15, 0.2) is 45.3 Å². The molecule has 3 rings (SSSR count). The van der Waals surface area contributed by atoms with Crippen molar-refractivity contribution in [2.24, 2.45) is 7.05 Å². The van der Waals surface area contributed by atoms with Gasteiger partial charge in [0.15, 0.2) is 0 Å². The summed E-state index contributed by atoms with van der Waals surface area (Å²) < 4.78 is 2.02. The molecule has 2 N–H and O–H groups in total. The van der Waals surface area contributed by atoms with Gasteiger partial charge in [0.05, 0.1) is 5.70 Å². The Labute approximate surface area is 127 Å². The maximum atomic E-state index is 12.3. The minimum Gasteiger partial charge on any atom is -0.352 e. The average molecular weight is 348 g/mol. The third kappa shape index (κ3) is 2.25. The van der Waals surface area contributed by atoms with Crippen LogP contribution >= 0.6 is 15.9 Å². The van der Waals surface area contributed by atoms with E-state index >= 15 is 0 Å². The molecule has 1 aromatic heterocycles. The molecule has 0 radical (unpaired) electrons. The molecule has 0 aliphatic heterocycles. The van der Waals surface area contributed by atoms with Crippen molar-refractivity contribution in [1.82, 2.24) is 9.78 Å². The molecule has 7 heteroatoms. The van der Waals surface area contributed by atoms with Gasteiger partial charge in [-0.05, 0) is 24.3 Å². The molecular formula is C14H10BrN3O3. The van der Waals surface area contributed by atoms with Gasteiger partial charge in [-0.2, -0.15) is 0 Å². The molecular weight excluding hydrogens is 338 g/mol. The van der Waals surface area contributed by atoms with Crippen LogP contribution in [-0.4, -0.2) is 21.3 Å². The molecule has 0 saturated heterocycles. The van der Waals surface area contributed by atoms with Crippen molar-refractivity contribution in [3.05, 3.63) is 62.1 Å². The van der Waals surface area contributed by atoms with Crippen molar-refractivity contribution in [2.45, 2.75) is 0 Å². The van der Waals surface area contributed by atoms with E-state index in [9.17, 15) is 14.4 Å². The molecule has 1 aromatic carbocycles. The zero-order chi connectivity index (χ0) is 15.1. The highest BCUT2D eigenvalue weighted by Gasteiger charge is 2.31. The second kappa shape index (κ2) is 4.85. The predicted octanol–water partition coefficient (Wildman–Crippen LogP) is 1.85. The van der Waals surface area contributed by atoms with Gasteiger partial charge in [0, 0.05) is 23.3 Å². The SMILES string of the molecule is Cn1[nH]c2c(c1=O)C(=O)C(Nc1ccc(Br)cc1)=CC2=O. The van der Waals surface area contributed by atoms with Crippen molar-refractivity contribution < 1.29 is 9.59 Å². The molecule has 0 saturated carbocycles. The van der Waals surface area contributed by atoms with E-state index in [-0.39, 0.29) is 17.0 Å². The Morgan fingerprint density at radius 3 is 2.48 bits per heavy atom. The number of hydrogen-bond acceptors (Lipinski definition) is 4. The lowest BCUT2D eigenvalue weighted by molar-refractivity contribution is 0.0983. The van der Waals surface area contributed by atoms with E-state index in [1.807, 2.05) is 0 Å². The number of nitrogens with zero attached hydrogens (tertiary/aromatic N) is 1. The number of aromatic amines is 1. The van der Waals surface area contributed by atoms with Crippen LogP contribution in [-0.2, 0) is 7.05 Å². The second-order valence-corrected chi connectivity index (χ2v) is 5.52. The van der Waals surface area contributed by atoms with Crippen LogP contribution in [0, 0.1) is 0 Å². The fourth-order valence-corrected chi connectivity index (χ4v) is 2.39. The van der Waals surface area contributed by atoms with Crippen molar-refractivity contribution in [1.29, 1.82) is 0 Å². The highest BCUT2D eigenvalue weighted by Crippen LogP contribution is 2.21. The minimum atomic E-state index is -0.508. The van der Waals surface area contributed by atoms with Gasteiger partial charge in [0.1, 0.15) is 11.3 Å². The molecule has 0 unspecified atom stereocenters. The molecule has 106 valence electrons. The quantitative estimate of drug-likeness (QED) is 0.868. The Balaban J connectivity index is 1.99. The third-order valence-corrected chi connectivity index (χ3v) is 3.69. The monoisotopic (exact) mass is 347 g/mol. The molecule has 21 heavy (non-hydrogen) atoms. The number of aryl methyl sites for hydroxylation is 1. The number of fused-ring (bicyclic) bond motifs is 1. The summed E-state index contributed by atoms with van der Waals surface area (Å²) in [4.78, 5) is 36.2. The first-order valence-corrected chi connectivity index (χ1v) is 6.89. The second-order valence-electron chi connectivity index (χ2n) is 4.61. The summed E-state index contributed by atoms with van der Waals surface area (Å²) in [5, 5.41) is 5.47. The first-order chi connectivity index (χ1) is 9.97. The Bertz CT molecular complexity index is 843. The van der Waals surface area contributed by atoms with Crippen LogP contribution in [0.4, 0.5) is 5.69 Å². The molecule has 0 amide bonds. The van der Waals surface area contributed by atoms with Crippen molar-refractivity contribution in [2.75, 3.05) is 5.32 Å². The molecule has 1 heterocycles. The standard InChI is InChI=1S/C14H10BrN3O3/c1-18-14(21)11-12(17-18)10(19)6-9(13(11)20)16-8-4-2-7(15)3-5-8/h2-6,16-17H,1H3. The predicted molar refractivity (Wildman–Crippen MR) is 80.5 cm³/mol. The van der Waals surface area contributed by atoms with Gasteiger partial charge in [0.2, 0.25) is 11.6 Å². The van der Waals surface area contributed by atoms with Gasteiger partial charge in [-0.15, -0.1) is 0 Å². The van der Waals surface area contributed by atoms with Gasteiger partial charge >= 0.3 is 0 Å². The Morgan fingerprint density at radius 1 is 1.14 bits per heavy atom. The minimum absolute atomic E-state index is 0.0360. The van der Waals surface area contributed by atoms with E-state index in [1.54, 1.807) is 24.3 Å². The van der Waals surface area contributed by atoms with Gasteiger partial charge in [0.25, 0.3) is 5.56 Å². The number of ketones is 2. The summed E-state index contributed by atoms with van der Waals surface area (Å²) in [5.74, 6) is -0.892. The molecule has 0 spiro atoms. The van der Waals surface area contributed by atoms with E-state index in [4.69, 9.17) is 0 Å². The number of hydrogen-bond donors (Lipinski definition) is 2. The molecule has 1 aliphatic rings. The third-order valence-electron chi connectivity index (χ3n) is 3.16. The smallest absolute Gasteiger partial charge is 0.278 e. The van der Waals surface area contributed by atoms with Crippen molar-refractivity contribution in [3.8, 4) is 0 Å². The lowest BCUT2D eigenvalue weighted by Crippen LogP contribution is -2.26. The fraction of sp³-hybridized carbons (Fsp3) is 0.0714. The number of halogens is 1. The summed E-state index contributed by atoms with van der Waals surface area (Å²) in [5.41, 5.74) is 0.151. The zero-order valence-electron chi connectivity index (χ0n) is 10.9. The number of carbonyl (C=O) groups is 2. The first kappa shape index (κ1) is 13.6. The van der Waals surface area contributed by atoms with E-state index in [0.29, 0.717) is 5.69 Å². The molecule has 6 nitrogen and oxygen atoms in total. The first-order valence-electron chi connectivity index (χ1n) is 6.09. The Kier molecular flexibility index (Phi) is 3.13. The molecule has 1 aliphatic carbocycles. The molecule has 0 bridgehead atoms. The Hall–Kier alpha value is -2.41. The van der Waals surface area contributed by atoms with E-state index in [0.717, 1.165) is 9.15 Å². The van der Waals surface area contributed by atoms with Crippen molar-refractivity contribution >= 4 is 33.2 Å². The van der Waals surface area contributed by atoms with Crippen LogP contribution < -0.4 is 10.9 Å².